The Morgan fingerprint density at radius 2 is 1.95 bits per heavy atom. The standard InChI is InChI=1S/C15H20Cl2N2O/c1-10(2)19-7-5-12(6-8-19)18-15(20)13-9-11(16)3-4-14(13)17/h3-4,9-10,12H,5-8H2,1-2H3,(H,18,20). The Balaban J connectivity index is 1.94. The summed E-state index contributed by atoms with van der Waals surface area (Å²) in [4.78, 5) is 14.7. The normalized spacial score (nSPS) is 17.4. The predicted octanol–water partition coefficient (Wildman–Crippen LogP) is 3.60. The van der Waals surface area contributed by atoms with E-state index < -0.39 is 0 Å². The molecule has 0 bridgehead atoms. The molecular weight excluding hydrogens is 295 g/mol. The van der Waals surface area contributed by atoms with Crippen molar-refractivity contribution in [2.75, 3.05) is 13.1 Å². The number of nitrogens with one attached hydrogen (secondary N) is 1. The van der Waals surface area contributed by atoms with Crippen molar-refractivity contribution in [1.29, 1.82) is 0 Å². The summed E-state index contributed by atoms with van der Waals surface area (Å²) in [7, 11) is 0. The summed E-state index contributed by atoms with van der Waals surface area (Å²) < 4.78 is 0. The SMILES string of the molecule is CC(C)N1CCC(NC(=O)c2cc(Cl)ccc2Cl)CC1. The zero-order chi connectivity index (χ0) is 14.7. The monoisotopic (exact) mass is 314 g/mol. The molecule has 0 saturated carbocycles. The fourth-order valence-electron chi connectivity index (χ4n) is 2.49. The van der Waals surface area contributed by atoms with E-state index in [-0.39, 0.29) is 11.9 Å². The lowest BCUT2D eigenvalue weighted by atomic mass is 10.0. The Kier molecular flexibility index (Phi) is 5.30. The summed E-state index contributed by atoms with van der Waals surface area (Å²) in [6.45, 7) is 6.44. The highest BCUT2D eigenvalue weighted by molar-refractivity contribution is 6.35. The molecule has 5 heteroatoms. The van der Waals surface area contributed by atoms with Crippen LogP contribution in [0.3, 0.4) is 0 Å². The van der Waals surface area contributed by atoms with Crippen molar-refractivity contribution in [2.45, 2.75) is 38.8 Å². The maximum Gasteiger partial charge on any atom is 0.253 e. The van der Waals surface area contributed by atoms with E-state index in [9.17, 15) is 4.79 Å². The maximum absolute atomic E-state index is 12.2. The second-order valence-corrected chi connectivity index (χ2v) is 6.35. The molecule has 3 nitrogen and oxygen atoms in total. The Bertz CT molecular complexity index is 483. The largest absolute Gasteiger partial charge is 0.349 e. The Hall–Kier alpha value is -0.770. The van der Waals surface area contributed by atoms with Gasteiger partial charge in [0.2, 0.25) is 0 Å². The van der Waals surface area contributed by atoms with E-state index >= 15 is 0 Å². The van der Waals surface area contributed by atoms with E-state index in [4.69, 9.17) is 23.2 Å². The number of hydrogen-bond acceptors (Lipinski definition) is 2. The Labute approximate surface area is 130 Å². The first-order chi connectivity index (χ1) is 9.47. The molecule has 1 amide bonds. The summed E-state index contributed by atoms with van der Waals surface area (Å²) in [5.41, 5.74) is 0.449. The predicted molar refractivity (Wildman–Crippen MR) is 83.7 cm³/mol. The lowest BCUT2D eigenvalue weighted by Gasteiger charge is -2.34. The number of rotatable bonds is 3. The minimum Gasteiger partial charge on any atom is -0.349 e. The minimum absolute atomic E-state index is 0.138. The average Bonchev–Trinajstić information content (AvgIpc) is 2.42. The Morgan fingerprint density at radius 3 is 2.55 bits per heavy atom. The third-order valence-corrected chi connectivity index (χ3v) is 4.33. The van der Waals surface area contributed by atoms with Gasteiger partial charge in [0, 0.05) is 30.2 Å². The van der Waals surface area contributed by atoms with Crippen molar-refractivity contribution in [2.24, 2.45) is 0 Å². The molecule has 1 aromatic rings. The zero-order valence-electron chi connectivity index (χ0n) is 11.8. The van der Waals surface area contributed by atoms with Gasteiger partial charge < -0.3 is 10.2 Å². The molecular formula is C15H20Cl2N2O. The molecule has 0 aromatic heterocycles. The lowest BCUT2D eigenvalue weighted by molar-refractivity contribution is 0.0901. The van der Waals surface area contributed by atoms with Gasteiger partial charge in [0.1, 0.15) is 0 Å². The first-order valence-electron chi connectivity index (χ1n) is 6.97. The Morgan fingerprint density at radius 1 is 1.30 bits per heavy atom. The fourth-order valence-corrected chi connectivity index (χ4v) is 2.87. The average molecular weight is 315 g/mol. The van der Waals surface area contributed by atoms with Crippen LogP contribution in [0.5, 0.6) is 0 Å². The molecule has 1 N–H and O–H groups in total. The van der Waals surface area contributed by atoms with Crippen molar-refractivity contribution >= 4 is 29.1 Å². The summed E-state index contributed by atoms with van der Waals surface area (Å²) >= 11 is 12.0. The van der Waals surface area contributed by atoms with E-state index in [1.807, 2.05) is 0 Å². The molecule has 20 heavy (non-hydrogen) atoms. The van der Waals surface area contributed by atoms with Gasteiger partial charge >= 0.3 is 0 Å². The van der Waals surface area contributed by atoms with Crippen LogP contribution in [0.1, 0.15) is 37.0 Å². The highest BCUT2D eigenvalue weighted by atomic mass is 35.5. The van der Waals surface area contributed by atoms with Crippen molar-refractivity contribution in [3.63, 3.8) is 0 Å². The van der Waals surface area contributed by atoms with Crippen molar-refractivity contribution < 1.29 is 4.79 Å². The zero-order valence-corrected chi connectivity index (χ0v) is 13.3. The summed E-state index contributed by atoms with van der Waals surface area (Å²) in [5.74, 6) is -0.138. The highest BCUT2D eigenvalue weighted by Crippen LogP contribution is 2.21. The molecule has 0 atom stereocenters. The van der Waals surface area contributed by atoms with E-state index in [0.717, 1.165) is 25.9 Å². The van der Waals surface area contributed by atoms with Crippen LogP contribution in [-0.4, -0.2) is 36.0 Å². The molecule has 0 unspecified atom stereocenters. The third kappa shape index (κ3) is 3.87. The van der Waals surface area contributed by atoms with Gasteiger partial charge in [0.05, 0.1) is 10.6 Å². The fraction of sp³-hybridized carbons (Fsp3) is 0.533. The van der Waals surface area contributed by atoms with Gasteiger partial charge in [-0.2, -0.15) is 0 Å². The number of amides is 1. The van der Waals surface area contributed by atoms with Gasteiger partial charge in [0.15, 0.2) is 0 Å². The van der Waals surface area contributed by atoms with Gasteiger partial charge in [-0.3, -0.25) is 4.79 Å². The van der Waals surface area contributed by atoms with Gasteiger partial charge in [-0.05, 0) is 44.9 Å². The van der Waals surface area contributed by atoms with E-state index in [1.54, 1.807) is 18.2 Å². The van der Waals surface area contributed by atoms with Crippen LogP contribution in [-0.2, 0) is 0 Å². The molecule has 1 aliphatic heterocycles. The number of carbonyl (C=O) groups is 1. The highest BCUT2D eigenvalue weighted by Gasteiger charge is 2.23. The van der Waals surface area contributed by atoms with Gasteiger partial charge in [0.25, 0.3) is 5.91 Å². The molecule has 1 aliphatic rings. The number of hydrogen-bond donors (Lipinski definition) is 1. The molecule has 0 radical (unpaired) electrons. The second-order valence-electron chi connectivity index (χ2n) is 5.50. The van der Waals surface area contributed by atoms with Crippen molar-refractivity contribution in [3.05, 3.63) is 33.8 Å². The first kappa shape index (κ1) is 15.6. The van der Waals surface area contributed by atoms with Crippen LogP contribution in [0.4, 0.5) is 0 Å². The molecule has 1 heterocycles. The van der Waals surface area contributed by atoms with E-state index in [2.05, 4.69) is 24.1 Å². The second kappa shape index (κ2) is 6.79. The molecule has 1 aromatic carbocycles. The van der Waals surface area contributed by atoms with Gasteiger partial charge in [-0.1, -0.05) is 23.2 Å². The number of likely N-dealkylation sites (tertiary alicyclic amines) is 1. The maximum atomic E-state index is 12.2. The first-order valence-corrected chi connectivity index (χ1v) is 7.73. The third-order valence-electron chi connectivity index (χ3n) is 3.77. The lowest BCUT2D eigenvalue weighted by Crippen LogP contribution is -2.46. The number of benzene rings is 1. The van der Waals surface area contributed by atoms with Crippen LogP contribution < -0.4 is 5.32 Å². The topological polar surface area (TPSA) is 32.3 Å². The van der Waals surface area contributed by atoms with Crippen LogP contribution >= 0.6 is 23.2 Å². The molecule has 1 fully saturated rings. The molecule has 0 aliphatic carbocycles. The number of carbonyl (C=O) groups excluding carboxylic acids is 1. The minimum atomic E-state index is -0.138. The smallest absolute Gasteiger partial charge is 0.253 e. The number of piperidine rings is 1. The van der Waals surface area contributed by atoms with Crippen LogP contribution in [0.25, 0.3) is 0 Å². The number of nitrogens with zero attached hydrogens (tertiary/aromatic N) is 1. The summed E-state index contributed by atoms with van der Waals surface area (Å²) in [6.07, 6.45) is 1.95. The van der Waals surface area contributed by atoms with Gasteiger partial charge in [-0.15, -0.1) is 0 Å². The van der Waals surface area contributed by atoms with Crippen molar-refractivity contribution in [1.82, 2.24) is 10.2 Å². The quantitative estimate of drug-likeness (QED) is 0.924. The van der Waals surface area contributed by atoms with Crippen LogP contribution in [0, 0.1) is 0 Å². The summed E-state index contributed by atoms with van der Waals surface area (Å²) in [6, 6.07) is 5.73. The molecule has 2 rings (SSSR count). The van der Waals surface area contributed by atoms with E-state index in [1.165, 1.54) is 0 Å². The molecule has 1 saturated heterocycles. The molecule has 0 spiro atoms. The van der Waals surface area contributed by atoms with Crippen LogP contribution in [0.15, 0.2) is 18.2 Å². The number of halogens is 2. The van der Waals surface area contributed by atoms with Gasteiger partial charge in [-0.25, -0.2) is 0 Å². The molecule has 110 valence electrons. The summed E-state index contributed by atoms with van der Waals surface area (Å²) in [5, 5.41) is 4.01. The van der Waals surface area contributed by atoms with Crippen molar-refractivity contribution in [3.8, 4) is 0 Å². The van der Waals surface area contributed by atoms with E-state index in [0.29, 0.717) is 21.7 Å². The van der Waals surface area contributed by atoms with Crippen LogP contribution in [0.2, 0.25) is 10.0 Å².